The Morgan fingerprint density at radius 3 is 2.82 bits per heavy atom. The lowest BCUT2D eigenvalue weighted by Crippen LogP contribution is -2.23. The summed E-state index contributed by atoms with van der Waals surface area (Å²) in [6.07, 6.45) is 5.09. The number of nitriles is 1. The monoisotopic (exact) mass is 228 g/mol. The van der Waals surface area contributed by atoms with Crippen LogP contribution in [0.3, 0.4) is 0 Å². The van der Waals surface area contributed by atoms with Crippen LogP contribution in [-0.2, 0) is 13.1 Å². The first kappa shape index (κ1) is 11.1. The van der Waals surface area contributed by atoms with Gasteiger partial charge in [0.2, 0.25) is 0 Å². The van der Waals surface area contributed by atoms with E-state index in [1.807, 2.05) is 13.0 Å². The Hall–Kier alpha value is -2.35. The third-order valence-electron chi connectivity index (χ3n) is 2.55. The number of aromatic nitrogens is 3. The van der Waals surface area contributed by atoms with Gasteiger partial charge in [-0.25, -0.2) is 9.78 Å². The van der Waals surface area contributed by atoms with Crippen molar-refractivity contribution in [1.29, 1.82) is 5.26 Å². The Morgan fingerprint density at radius 1 is 1.41 bits per heavy atom. The second-order valence-electron chi connectivity index (χ2n) is 3.66. The van der Waals surface area contributed by atoms with Crippen molar-refractivity contribution in [2.75, 3.05) is 0 Å². The summed E-state index contributed by atoms with van der Waals surface area (Å²) in [5, 5.41) is 8.74. The number of pyridine rings is 1. The number of hydrogen-bond donors (Lipinski definition) is 0. The highest BCUT2D eigenvalue weighted by Crippen LogP contribution is 2.02. The summed E-state index contributed by atoms with van der Waals surface area (Å²) in [5.74, 6) is 0. The van der Waals surface area contributed by atoms with Gasteiger partial charge in [0, 0.05) is 25.1 Å². The molecule has 0 saturated heterocycles. The minimum atomic E-state index is -0.0391. The first-order valence-corrected chi connectivity index (χ1v) is 5.35. The van der Waals surface area contributed by atoms with Gasteiger partial charge in [0.05, 0.1) is 6.54 Å². The highest BCUT2D eigenvalue weighted by atomic mass is 16.1. The fraction of sp³-hybridized carbons (Fsp3) is 0.250. The Morgan fingerprint density at radius 2 is 2.18 bits per heavy atom. The summed E-state index contributed by atoms with van der Waals surface area (Å²) >= 11 is 0. The zero-order valence-corrected chi connectivity index (χ0v) is 9.50. The molecule has 5 heteroatoms. The van der Waals surface area contributed by atoms with Crippen molar-refractivity contribution in [2.24, 2.45) is 0 Å². The normalized spacial score (nSPS) is 10.1. The summed E-state index contributed by atoms with van der Waals surface area (Å²) in [6.45, 7) is 3.04. The smallest absolute Gasteiger partial charge is 0.300 e. The summed E-state index contributed by atoms with van der Waals surface area (Å²) in [5.41, 5.74) is 1.22. The number of aryl methyl sites for hydroxylation is 1. The van der Waals surface area contributed by atoms with Crippen molar-refractivity contribution in [3.05, 3.63) is 52.5 Å². The lowest BCUT2D eigenvalue weighted by molar-refractivity contribution is 0.668. The second kappa shape index (κ2) is 4.66. The molecule has 0 saturated carbocycles. The molecule has 2 aromatic rings. The molecular formula is C12H12N4O. The maximum absolute atomic E-state index is 11.8. The van der Waals surface area contributed by atoms with Crippen LogP contribution in [0.1, 0.15) is 18.2 Å². The first-order valence-electron chi connectivity index (χ1n) is 5.35. The number of rotatable bonds is 3. The van der Waals surface area contributed by atoms with Gasteiger partial charge in [-0.1, -0.05) is 0 Å². The van der Waals surface area contributed by atoms with Gasteiger partial charge in [0.1, 0.15) is 11.8 Å². The van der Waals surface area contributed by atoms with Crippen molar-refractivity contribution in [3.63, 3.8) is 0 Å². The van der Waals surface area contributed by atoms with Crippen LogP contribution in [0.25, 0.3) is 0 Å². The SMILES string of the molecule is CCn1ccn(Cc2ccnc(C#N)c2)c1=O. The predicted octanol–water partition coefficient (Wildman–Crippen LogP) is 0.985. The van der Waals surface area contributed by atoms with Gasteiger partial charge < -0.3 is 0 Å². The van der Waals surface area contributed by atoms with E-state index in [0.717, 1.165) is 5.56 Å². The molecule has 0 aromatic carbocycles. The molecule has 2 aromatic heterocycles. The average molecular weight is 228 g/mol. The minimum absolute atomic E-state index is 0.0391. The van der Waals surface area contributed by atoms with E-state index in [-0.39, 0.29) is 5.69 Å². The number of imidazole rings is 1. The zero-order chi connectivity index (χ0) is 12.3. The lowest BCUT2D eigenvalue weighted by atomic mass is 10.2. The lowest BCUT2D eigenvalue weighted by Gasteiger charge is -2.01. The molecule has 0 unspecified atom stereocenters. The van der Waals surface area contributed by atoms with Crippen molar-refractivity contribution in [2.45, 2.75) is 20.0 Å². The number of hydrogen-bond acceptors (Lipinski definition) is 3. The van der Waals surface area contributed by atoms with E-state index in [1.165, 1.54) is 0 Å². The van der Waals surface area contributed by atoms with Crippen molar-refractivity contribution in [3.8, 4) is 6.07 Å². The molecule has 5 nitrogen and oxygen atoms in total. The van der Waals surface area contributed by atoms with Gasteiger partial charge in [-0.3, -0.25) is 9.13 Å². The highest BCUT2D eigenvalue weighted by Gasteiger charge is 2.03. The molecule has 2 rings (SSSR count). The molecule has 0 radical (unpaired) electrons. The molecule has 0 fully saturated rings. The molecule has 0 N–H and O–H groups in total. The van der Waals surface area contributed by atoms with Crippen LogP contribution in [0.4, 0.5) is 0 Å². The van der Waals surface area contributed by atoms with E-state index >= 15 is 0 Å². The molecule has 2 heterocycles. The average Bonchev–Trinajstić information content (AvgIpc) is 2.71. The van der Waals surface area contributed by atoms with E-state index in [1.54, 1.807) is 39.9 Å². The summed E-state index contributed by atoms with van der Waals surface area (Å²) in [4.78, 5) is 15.7. The number of nitrogens with zero attached hydrogens (tertiary/aromatic N) is 4. The maximum Gasteiger partial charge on any atom is 0.328 e. The molecule has 0 aliphatic rings. The van der Waals surface area contributed by atoms with Crippen molar-refractivity contribution in [1.82, 2.24) is 14.1 Å². The van der Waals surface area contributed by atoms with Crippen LogP contribution in [0.15, 0.2) is 35.5 Å². The molecule has 0 aliphatic carbocycles. The van der Waals surface area contributed by atoms with E-state index in [4.69, 9.17) is 5.26 Å². The summed E-state index contributed by atoms with van der Waals surface area (Å²) in [7, 11) is 0. The van der Waals surface area contributed by atoms with E-state index < -0.39 is 0 Å². The van der Waals surface area contributed by atoms with Gasteiger partial charge in [-0.2, -0.15) is 5.26 Å². The van der Waals surface area contributed by atoms with Gasteiger partial charge >= 0.3 is 5.69 Å². The van der Waals surface area contributed by atoms with Crippen LogP contribution in [0.5, 0.6) is 0 Å². The Bertz CT molecular complexity index is 618. The van der Waals surface area contributed by atoms with Crippen LogP contribution in [0, 0.1) is 11.3 Å². The highest BCUT2D eigenvalue weighted by molar-refractivity contribution is 5.25. The molecule has 0 aliphatic heterocycles. The zero-order valence-electron chi connectivity index (χ0n) is 9.50. The van der Waals surface area contributed by atoms with Crippen LogP contribution in [-0.4, -0.2) is 14.1 Å². The molecule has 0 spiro atoms. The van der Waals surface area contributed by atoms with Gasteiger partial charge in [-0.05, 0) is 24.6 Å². The Kier molecular flexibility index (Phi) is 3.06. The Balaban J connectivity index is 2.29. The first-order chi connectivity index (χ1) is 8.24. The van der Waals surface area contributed by atoms with Crippen LogP contribution < -0.4 is 5.69 Å². The molecular weight excluding hydrogens is 216 g/mol. The largest absolute Gasteiger partial charge is 0.328 e. The molecule has 86 valence electrons. The molecule has 17 heavy (non-hydrogen) atoms. The van der Waals surface area contributed by atoms with Gasteiger partial charge in [-0.15, -0.1) is 0 Å². The second-order valence-corrected chi connectivity index (χ2v) is 3.66. The summed E-state index contributed by atoms with van der Waals surface area (Å²) < 4.78 is 3.24. The standard InChI is InChI=1S/C12H12N4O/c1-2-15-5-6-16(12(15)17)9-10-3-4-14-11(7-10)8-13/h3-7H,2,9H2,1H3. The van der Waals surface area contributed by atoms with Crippen molar-refractivity contribution >= 4 is 0 Å². The molecule has 0 atom stereocenters. The van der Waals surface area contributed by atoms with Crippen molar-refractivity contribution < 1.29 is 0 Å². The van der Waals surface area contributed by atoms with Crippen LogP contribution >= 0.6 is 0 Å². The van der Waals surface area contributed by atoms with Gasteiger partial charge in [0.15, 0.2) is 0 Å². The quantitative estimate of drug-likeness (QED) is 0.786. The Labute approximate surface area is 98.6 Å². The van der Waals surface area contributed by atoms with E-state index in [0.29, 0.717) is 18.8 Å². The fourth-order valence-corrected chi connectivity index (χ4v) is 1.64. The molecule has 0 bridgehead atoms. The molecule has 0 amide bonds. The third-order valence-corrected chi connectivity index (χ3v) is 2.55. The third kappa shape index (κ3) is 2.26. The maximum atomic E-state index is 11.8. The fourth-order valence-electron chi connectivity index (χ4n) is 1.64. The summed E-state index contributed by atoms with van der Waals surface area (Å²) in [6, 6.07) is 5.47. The van der Waals surface area contributed by atoms with E-state index in [2.05, 4.69) is 4.98 Å². The minimum Gasteiger partial charge on any atom is -0.300 e. The van der Waals surface area contributed by atoms with Gasteiger partial charge in [0.25, 0.3) is 0 Å². The van der Waals surface area contributed by atoms with Crippen LogP contribution in [0.2, 0.25) is 0 Å². The predicted molar refractivity (Wildman–Crippen MR) is 62.4 cm³/mol. The van der Waals surface area contributed by atoms with E-state index in [9.17, 15) is 4.79 Å². The topological polar surface area (TPSA) is 63.6 Å².